The number of aliphatic hydroxyl groups excluding tert-OH is 1. The third-order valence-corrected chi connectivity index (χ3v) is 6.62. The largest absolute Gasteiger partial charge is 0.489 e. The molecule has 0 unspecified atom stereocenters. The molecule has 5 N–H and O–H groups in total. The van der Waals surface area contributed by atoms with E-state index >= 15 is 0 Å². The third-order valence-electron chi connectivity index (χ3n) is 4.50. The van der Waals surface area contributed by atoms with Crippen molar-refractivity contribution in [2.75, 3.05) is 30.2 Å². The van der Waals surface area contributed by atoms with Crippen molar-refractivity contribution in [2.24, 2.45) is 0 Å². The summed E-state index contributed by atoms with van der Waals surface area (Å²) in [5.41, 5.74) is 7.07. The molecule has 0 amide bonds. The fraction of sp³-hybridized carbons (Fsp3) is 0.227. The van der Waals surface area contributed by atoms with Crippen molar-refractivity contribution in [1.82, 2.24) is 10.3 Å². The number of nitrogens with one attached hydrogen (secondary N) is 2. The summed E-state index contributed by atoms with van der Waals surface area (Å²) in [4.78, 5) is 4.15. The molecule has 0 aliphatic heterocycles. The van der Waals surface area contributed by atoms with E-state index in [2.05, 4.69) is 37.6 Å². The Morgan fingerprint density at radius 3 is 2.44 bits per heavy atom. The lowest BCUT2D eigenvalue weighted by Crippen LogP contribution is -2.32. The molecule has 8 nitrogen and oxygen atoms in total. The summed E-state index contributed by atoms with van der Waals surface area (Å²) in [6.45, 7) is 1.19. The van der Waals surface area contributed by atoms with Gasteiger partial charge in [-0.05, 0) is 89.7 Å². The molecule has 3 aromatic rings. The summed E-state index contributed by atoms with van der Waals surface area (Å²) in [5, 5.41) is 13.2. The Morgan fingerprint density at radius 2 is 1.78 bits per heavy atom. The molecule has 32 heavy (non-hydrogen) atoms. The first-order chi connectivity index (χ1) is 15.3. The smallest absolute Gasteiger partial charge is 0.261 e. The molecular weight excluding hydrogens is 543 g/mol. The Hall–Kier alpha value is -2.41. The molecule has 170 valence electrons. The lowest BCUT2D eigenvalue weighted by Gasteiger charge is -2.13. The highest BCUT2D eigenvalue weighted by molar-refractivity contribution is 14.1. The first kappa shape index (κ1) is 24.2. The molecule has 1 atom stereocenters. The van der Waals surface area contributed by atoms with Gasteiger partial charge in [0.05, 0.1) is 11.1 Å². The third kappa shape index (κ3) is 7.62. The standard InChI is InChI=1S/C22H25IN4O4S/c23-17-3-8-21(9-4-17)32(29,30)27-18-5-1-16(2-6-18)11-12-25-13-19(28)15-31-20-7-10-22(24)26-14-20/h1-10,14,19,25,27-28H,11-13,15H2,(H2,24,26)/t19-/m0/s1. The van der Waals surface area contributed by atoms with Crippen LogP contribution in [0.3, 0.4) is 0 Å². The summed E-state index contributed by atoms with van der Waals surface area (Å²) in [7, 11) is -3.62. The van der Waals surface area contributed by atoms with Crippen LogP contribution in [0.15, 0.2) is 71.8 Å². The Kier molecular flexibility index (Phi) is 8.67. The van der Waals surface area contributed by atoms with Crippen LogP contribution >= 0.6 is 22.6 Å². The van der Waals surface area contributed by atoms with Crippen LogP contribution in [0.1, 0.15) is 5.56 Å². The van der Waals surface area contributed by atoms with Crippen molar-refractivity contribution >= 4 is 44.1 Å². The molecule has 0 spiro atoms. The van der Waals surface area contributed by atoms with Crippen LogP contribution < -0.4 is 20.5 Å². The van der Waals surface area contributed by atoms with E-state index in [0.29, 0.717) is 30.3 Å². The molecule has 1 aromatic heterocycles. The van der Waals surface area contributed by atoms with Crippen molar-refractivity contribution < 1.29 is 18.3 Å². The quantitative estimate of drug-likeness (QED) is 0.207. The van der Waals surface area contributed by atoms with E-state index in [1.54, 1.807) is 48.5 Å². The average molecular weight is 568 g/mol. The van der Waals surface area contributed by atoms with Gasteiger partial charge in [-0.3, -0.25) is 4.72 Å². The number of rotatable bonds is 11. The number of sulfonamides is 1. The Balaban J connectivity index is 1.39. The van der Waals surface area contributed by atoms with Gasteiger partial charge in [0.1, 0.15) is 24.3 Å². The van der Waals surface area contributed by atoms with Gasteiger partial charge < -0.3 is 20.9 Å². The predicted octanol–water partition coefficient (Wildman–Crippen LogP) is 2.64. The maximum Gasteiger partial charge on any atom is 0.261 e. The van der Waals surface area contributed by atoms with Crippen LogP contribution in [0.5, 0.6) is 5.75 Å². The van der Waals surface area contributed by atoms with E-state index in [-0.39, 0.29) is 11.5 Å². The molecule has 3 rings (SSSR count). The molecular formula is C22H25IN4O4S. The number of hydrogen-bond acceptors (Lipinski definition) is 7. The maximum atomic E-state index is 12.5. The second-order valence-corrected chi connectivity index (χ2v) is 10.0. The highest BCUT2D eigenvalue weighted by Gasteiger charge is 2.13. The zero-order valence-corrected chi connectivity index (χ0v) is 20.2. The second kappa shape index (κ2) is 11.5. The van der Waals surface area contributed by atoms with Crippen LogP contribution in [-0.4, -0.2) is 44.3 Å². The van der Waals surface area contributed by atoms with Gasteiger partial charge in [-0.15, -0.1) is 0 Å². The Bertz CT molecular complexity index is 1090. The number of aromatic nitrogens is 1. The van der Waals surface area contributed by atoms with Crippen LogP contribution in [0.4, 0.5) is 11.5 Å². The summed E-state index contributed by atoms with van der Waals surface area (Å²) < 4.78 is 34.0. The van der Waals surface area contributed by atoms with Gasteiger partial charge in [-0.25, -0.2) is 13.4 Å². The number of halogens is 1. The summed E-state index contributed by atoms with van der Waals surface area (Å²) in [6, 6.07) is 17.2. The molecule has 10 heteroatoms. The SMILES string of the molecule is Nc1ccc(OC[C@@H](O)CNCCc2ccc(NS(=O)(=O)c3ccc(I)cc3)cc2)cn1. The number of nitrogens with zero attached hydrogens (tertiary/aromatic N) is 1. The Morgan fingerprint density at radius 1 is 1.06 bits per heavy atom. The minimum atomic E-state index is -3.62. The molecule has 0 saturated carbocycles. The van der Waals surface area contributed by atoms with Crippen LogP contribution in [0.2, 0.25) is 0 Å². The van der Waals surface area contributed by atoms with Gasteiger partial charge in [0, 0.05) is 15.8 Å². The topological polar surface area (TPSA) is 127 Å². The molecule has 0 aliphatic carbocycles. The molecule has 0 saturated heterocycles. The molecule has 0 aliphatic rings. The minimum absolute atomic E-state index is 0.147. The monoisotopic (exact) mass is 568 g/mol. The highest BCUT2D eigenvalue weighted by Crippen LogP contribution is 2.18. The zero-order chi connectivity index (χ0) is 23.0. The van der Waals surface area contributed by atoms with Crippen molar-refractivity contribution in [1.29, 1.82) is 0 Å². The van der Waals surface area contributed by atoms with Crippen LogP contribution in [0.25, 0.3) is 0 Å². The number of nitrogen functional groups attached to an aromatic ring is 1. The van der Waals surface area contributed by atoms with Crippen molar-refractivity contribution in [2.45, 2.75) is 17.4 Å². The molecule has 0 bridgehead atoms. The number of aliphatic hydroxyl groups is 1. The van der Waals surface area contributed by atoms with Crippen molar-refractivity contribution in [3.05, 3.63) is 76.0 Å². The number of hydrogen-bond donors (Lipinski definition) is 4. The summed E-state index contributed by atoms with van der Waals surface area (Å²) in [5.74, 6) is 0.965. The fourth-order valence-corrected chi connectivity index (χ4v) is 4.22. The van der Waals surface area contributed by atoms with Gasteiger partial charge in [0.25, 0.3) is 10.0 Å². The molecule has 1 heterocycles. The maximum absolute atomic E-state index is 12.5. The van der Waals surface area contributed by atoms with Gasteiger partial charge in [-0.1, -0.05) is 12.1 Å². The number of pyridine rings is 1. The normalized spacial score (nSPS) is 12.3. The zero-order valence-electron chi connectivity index (χ0n) is 17.2. The predicted molar refractivity (Wildman–Crippen MR) is 133 cm³/mol. The average Bonchev–Trinajstić information content (AvgIpc) is 2.77. The molecule has 2 aromatic carbocycles. The van der Waals surface area contributed by atoms with E-state index in [1.165, 1.54) is 6.20 Å². The summed E-state index contributed by atoms with van der Waals surface area (Å²) >= 11 is 2.13. The van der Waals surface area contributed by atoms with Gasteiger partial charge >= 0.3 is 0 Å². The number of benzene rings is 2. The van der Waals surface area contributed by atoms with E-state index in [4.69, 9.17) is 10.5 Å². The first-order valence-corrected chi connectivity index (χ1v) is 12.5. The second-order valence-electron chi connectivity index (χ2n) is 7.09. The van der Waals surface area contributed by atoms with E-state index in [0.717, 1.165) is 15.6 Å². The number of anilines is 2. The van der Waals surface area contributed by atoms with Crippen molar-refractivity contribution in [3.8, 4) is 5.75 Å². The van der Waals surface area contributed by atoms with Gasteiger partial charge in [0.15, 0.2) is 0 Å². The fourth-order valence-electron chi connectivity index (χ4n) is 2.80. The van der Waals surface area contributed by atoms with E-state index < -0.39 is 16.1 Å². The Labute approximate surface area is 201 Å². The number of nitrogens with two attached hydrogens (primary N) is 1. The lowest BCUT2D eigenvalue weighted by molar-refractivity contribution is 0.106. The molecule has 0 fully saturated rings. The summed E-state index contributed by atoms with van der Waals surface area (Å²) in [6.07, 6.45) is 1.59. The first-order valence-electron chi connectivity index (χ1n) is 9.92. The van der Waals surface area contributed by atoms with Crippen LogP contribution in [-0.2, 0) is 16.4 Å². The number of ether oxygens (including phenoxy) is 1. The highest BCUT2D eigenvalue weighted by atomic mass is 127. The van der Waals surface area contributed by atoms with E-state index in [1.807, 2.05) is 12.1 Å². The minimum Gasteiger partial charge on any atom is -0.489 e. The van der Waals surface area contributed by atoms with Crippen molar-refractivity contribution in [3.63, 3.8) is 0 Å². The van der Waals surface area contributed by atoms with Gasteiger partial charge in [0.2, 0.25) is 0 Å². The molecule has 0 radical (unpaired) electrons. The van der Waals surface area contributed by atoms with E-state index in [9.17, 15) is 13.5 Å². The van der Waals surface area contributed by atoms with Gasteiger partial charge in [-0.2, -0.15) is 0 Å². The van der Waals surface area contributed by atoms with Crippen LogP contribution in [0, 0.1) is 3.57 Å². The lowest BCUT2D eigenvalue weighted by atomic mass is 10.1.